The molecule has 0 radical (unpaired) electrons. The highest BCUT2D eigenvalue weighted by molar-refractivity contribution is 5.76. The summed E-state index contributed by atoms with van der Waals surface area (Å²) >= 11 is 0. The molecule has 1 heterocycles. The summed E-state index contributed by atoms with van der Waals surface area (Å²) in [5, 5.41) is 23.8. The highest BCUT2D eigenvalue weighted by atomic mass is 16.6. The van der Waals surface area contributed by atoms with E-state index in [1.54, 1.807) is 6.08 Å². The minimum atomic E-state index is -0.885. The highest BCUT2D eigenvalue weighted by Crippen LogP contribution is 2.42. The van der Waals surface area contributed by atoms with Gasteiger partial charge in [0.1, 0.15) is 6.04 Å². The molecule has 6 heteroatoms. The SMILES string of the molecule is CC1=CC=CC2C1NC(C(=O)O)C2C1=CC([N+](=O)[O-])CCC1. The molecule has 0 bridgehead atoms. The van der Waals surface area contributed by atoms with Crippen LogP contribution in [0.1, 0.15) is 26.2 Å². The van der Waals surface area contributed by atoms with Crippen LogP contribution in [0.2, 0.25) is 0 Å². The number of allylic oxidation sites excluding steroid dienone is 2. The minimum Gasteiger partial charge on any atom is -0.480 e. The third-order valence-electron chi connectivity index (χ3n) is 5.04. The van der Waals surface area contributed by atoms with Crippen LogP contribution in [-0.4, -0.2) is 34.1 Å². The number of fused-ring (bicyclic) bond motifs is 1. The van der Waals surface area contributed by atoms with Crippen molar-refractivity contribution in [2.24, 2.45) is 11.8 Å². The van der Waals surface area contributed by atoms with Crippen molar-refractivity contribution in [3.63, 3.8) is 0 Å². The molecule has 2 aliphatic carbocycles. The molecule has 0 saturated carbocycles. The Morgan fingerprint density at radius 2 is 2.27 bits per heavy atom. The summed E-state index contributed by atoms with van der Waals surface area (Å²) in [6.45, 7) is 1.99. The van der Waals surface area contributed by atoms with Gasteiger partial charge in [0, 0.05) is 29.2 Å². The number of carboxylic acid groups (broad SMARTS) is 1. The fourth-order valence-electron chi connectivity index (χ4n) is 4.00. The Balaban J connectivity index is 1.96. The molecule has 6 nitrogen and oxygen atoms in total. The van der Waals surface area contributed by atoms with E-state index in [1.165, 1.54) is 0 Å². The number of carboxylic acids is 1. The van der Waals surface area contributed by atoms with Crippen molar-refractivity contribution in [1.82, 2.24) is 5.32 Å². The maximum atomic E-state index is 11.7. The summed E-state index contributed by atoms with van der Waals surface area (Å²) in [6, 6.07) is -1.35. The van der Waals surface area contributed by atoms with E-state index in [2.05, 4.69) is 5.32 Å². The molecule has 5 unspecified atom stereocenters. The largest absolute Gasteiger partial charge is 0.480 e. The van der Waals surface area contributed by atoms with Crippen molar-refractivity contribution in [2.45, 2.75) is 44.3 Å². The summed E-state index contributed by atoms with van der Waals surface area (Å²) in [6.07, 6.45) is 9.73. The van der Waals surface area contributed by atoms with E-state index < -0.39 is 18.1 Å². The molecule has 5 atom stereocenters. The lowest BCUT2D eigenvalue weighted by molar-refractivity contribution is -0.511. The van der Waals surface area contributed by atoms with Gasteiger partial charge in [-0.15, -0.1) is 0 Å². The number of hydrogen-bond acceptors (Lipinski definition) is 4. The van der Waals surface area contributed by atoms with E-state index >= 15 is 0 Å². The lowest BCUT2D eigenvalue weighted by Gasteiger charge is -2.28. The van der Waals surface area contributed by atoms with Gasteiger partial charge in [-0.2, -0.15) is 0 Å². The molecule has 0 aromatic carbocycles. The number of carbonyl (C=O) groups is 1. The summed E-state index contributed by atoms with van der Waals surface area (Å²) in [4.78, 5) is 22.5. The van der Waals surface area contributed by atoms with Gasteiger partial charge >= 0.3 is 5.97 Å². The smallest absolute Gasteiger partial charge is 0.321 e. The normalized spacial score (nSPS) is 37.2. The molecule has 0 amide bonds. The molecule has 3 aliphatic rings. The Morgan fingerprint density at radius 3 is 2.95 bits per heavy atom. The zero-order chi connectivity index (χ0) is 15.9. The molecule has 22 heavy (non-hydrogen) atoms. The Kier molecular flexibility index (Phi) is 3.87. The number of rotatable bonds is 3. The molecule has 1 aliphatic heterocycles. The van der Waals surface area contributed by atoms with Crippen LogP contribution in [0.25, 0.3) is 0 Å². The predicted molar refractivity (Wildman–Crippen MR) is 80.9 cm³/mol. The summed E-state index contributed by atoms with van der Waals surface area (Å²) in [7, 11) is 0. The van der Waals surface area contributed by atoms with Crippen LogP contribution in [0.15, 0.2) is 35.5 Å². The Hall–Kier alpha value is -1.95. The first-order valence-electron chi connectivity index (χ1n) is 7.67. The average molecular weight is 304 g/mol. The van der Waals surface area contributed by atoms with Crippen molar-refractivity contribution in [2.75, 3.05) is 0 Å². The fraction of sp³-hybridized carbons (Fsp3) is 0.562. The van der Waals surface area contributed by atoms with Gasteiger partial charge in [-0.05, 0) is 25.8 Å². The van der Waals surface area contributed by atoms with Gasteiger partial charge in [-0.3, -0.25) is 20.2 Å². The van der Waals surface area contributed by atoms with E-state index in [4.69, 9.17) is 0 Å². The van der Waals surface area contributed by atoms with Crippen LogP contribution in [-0.2, 0) is 4.79 Å². The van der Waals surface area contributed by atoms with E-state index in [9.17, 15) is 20.0 Å². The molecule has 2 N–H and O–H groups in total. The monoisotopic (exact) mass is 304 g/mol. The Bertz CT molecular complexity index is 593. The fourth-order valence-corrected chi connectivity index (χ4v) is 4.00. The van der Waals surface area contributed by atoms with E-state index in [0.29, 0.717) is 6.42 Å². The zero-order valence-electron chi connectivity index (χ0n) is 12.4. The molecule has 1 saturated heterocycles. The van der Waals surface area contributed by atoms with Gasteiger partial charge in [0.15, 0.2) is 0 Å². The van der Waals surface area contributed by atoms with Gasteiger partial charge in [0.25, 0.3) is 0 Å². The van der Waals surface area contributed by atoms with Crippen LogP contribution in [0, 0.1) is 22.0 Å². The van der Waals surface area contributed by atoms with Crippen LogP contribution >= 0.6 is 0 Å². The standard InChI is InChI=1S/C16H20N2O4/c1-9-4-2-7-12-13(15(16(19)20)17-14(9)12)10-5-3-6-11(8-10)18(21)22/h2,4,7-8,11-15,17H,3,5-6H2,1H3,(H,19,20). The molecular weight excluding hydrogens is 284 g/mol. The number of hydrogen-bond donors (Lipinski definition) is 2. The first kappa shape index (κ1) is 15.0. The van der Waals surface area contributed by atoms with Gasteiger partial charge in [0.2, 0.25) is 6.04 Å². The lowest BCUT2D eigenvalue weighted by atomic mass is 9.74. The molecule has 118 valence electrons. The number of nitrogens with one attached hydrogen (secondary N) is 1. The van der Waals surface area contributed by atoms with Crippen LogP contribution in [0.4, 0.5) is 0 Å². The third-order valence-corrected chi connectivity index (χ3v) is 5.04. The summed E-state index contributed by atoms with van der Waals surface area (Å²) < 4.78 is 0. The summed E-state index contributed by atoms with van der Waals surface area (Å²) in [5.41, 5.74) is 2.04. The topological polar surface area (TPSA) is 92.5 Å². The number of nitrogens with zero attached hydrogens (tertiary/aromatic N) is 1. The average Bonchev–Trinajstić information content (AvgIpc) is 2.88. The highest BCUT2D eigenvalue weighted by Gasteiger charge is 2.48. The van der Waals surface area contributed by atoms with Gasteiger partial charge < -0.3 is 5.11 Å². The van der Waals surface area contributed by atoms with Crippen molar-refractivity contribution in [3.05, 3.63) is 45.6 Å². The molecular formula is C16H20N2O4. The van der Waals surface area contributed by atoms with Gasteiger partial charge in [-0.25, -0.2) is 0 Å². The van der Waals surface area contributed by atoms with Crippen LogP contribution in [0.3, 0.4) is 0 Å². The summed E-state index contributed by atoms with van der Waals surface area (Å²) in [5.74, 6) is -1.03. The van der Waals surface area contributed by atoms with Crippen LogP contribution < -0.4 is 5.32 Å². The zero-order valence-corrected chi connectivity index (χ0v) is 12.4. The van der Waals surface area contributed by atoms with Crippen LogP contribution in [0.5, 0.6) is 0 Å². The second-order valence-corrected chi connectivity index (χ2v) is 6.35. The van der Waals surface area contributed by atoms with Crippen molar-refractivity contribution < 1.29 is 14.8 Å². The number of nitro groups is 1. The minimum absolute atomic E-state index is 0.00739. The van der Waals surface area contributed by atoms with E-state index in [-0.39, 0.29) is 22.8 Å². The second kappa shape index (κ2) is 5.68. The predicted octanol–water partition coefficient (Wildman–Crippen LogP) is 1.92. The molecule has 1 fully saturated rings. The van der Waals surface area contributed by atoms with Crippen molar-refractivity contribution >= 4 is 5.97 Å². The van der Waals surface area contributed by atoms with Gasteiger partial charge in [0.05, 0.1) is 0 Å². The Labute approximate surface area is 128 Å². The molecule has 0 aromatic rings. The molecule has 0 spiro atoms. The first-order valence-corrected chi connectivity index (χ1v) is 7.67. The molecule has 3 rings (SSSR count). The second-order valence-electron chi connectivity index (χ2n) is 6.35. The van der Waals surface area contributed by atoms with E-state index in [1.807, 2.05) is 25.2 Å². The maximum Gasteiger partial charge on any atom is 0.321 e. The lowest BCUT2D eigenvalue weighted by Crippen LogP contribution is -2.39. The van der Waals surface area contributed by atoms with Crippen molar-refractivity contribution in [3.8, 4) is 0 Å². The van der Waals surface area contributed by atoms with Gasteiger partial charge in [-0.1, -0.05) is 29.4 Å². The quantitative estimate of drug-likeness (QED) is 0.472. The number of aliphatic carboxylic acids is 1. The van der Waals surface area contributed by atoms with Crippen molar-refractivity contribution in [1.29, 1.82) is 0 Å². The Morgan fingerprint density at radius 1 is 1.50 bits per heavy atom. The third kappa shape index (κ3) is 2.47. The first-order chi connectivity index (χ1) is 10.5. The maximum absolute atomic E-state index is 11.7. The molecule has 0 aromatic heterocycles. The van der Waals surface area contributed by atoms with E-state index in [0.717, 1.165) is 24.0 Å².